The third kappa shape index (κ3) is 1.70. The largest absolute Gasteiger partial charge is 0.315 e. The summed E-state index contributed by atoms with van der Waals surface area (Å²) in [4.78, 5) is 0. The second-order valence-corrected chi connectivity index (χ2v) is 3.51. The summed E-state index contributed by atoms with van der Waals surface area (Å²) >= 11 is 0. The summed E-state index contributed by atoms with van der Waals surface area (Å²) in [7, 11) is 0. The molecule has 62 valence electrons. The van der Waals surface area contributed by atoms with E-state index >= 15 is 0 Å². The molecule has 0 aromatic heterocycles. The van der Waals surface area contributed by atoms with Gasteiger partial charge in [-0.2, -0.15) is 10.7 Å². The molecule has 0 aliphatic heterocycles. The molecule has 0 saturated heterocycles. The van der Waals surface area contributed by atoms with E-state index in [0.717, 1.165) is 19.3 Å². The average Bonchev–Trinajstić information content (AvgIpc) is 2.04. The molecule has 1 saturated carbocycles. The van der Waals surface area contributed by atoms with E-state index in [4.69, 9.17) is 10.5 Å². The van der Waals surface area contributed by atoms with E-state index in [0.29, 0.717) is 5.92 Å². The van der Waals surface area contributed by atoms with Gasteiger partial charge in [0.15, 0.2) is 0 Å². The number of nitriles is 1. The lowest BCUT2D eigenvalue weighted by molar-refractivity contribution is 0.0572. The van der Waals surface area contributed by atoms with Gasteiger partial charge in [0.1, 0.15) is 5.54 Å². The number of hydrogen-bond donors (Lipinski definition) is 2. The van der Waals surface area contributed by atoms with Crippen molar-refractivity contribution in [3.05, 3.63) is 0 Å². The van der Waals surface area contributed by atoms with E-state index in [-0.39, 0.29) is 0 Å². The Morgan fingerprint density at radius 3 is 2.82 bits per heavy atom. The Balaban J connectivity index is 2.62. The Labute approximate surface area is 67.0 Å². The fraction of sp³-hybridized carbons (Fsp3) is 0.875. The molecular weight excluding hydrogens is 140 g/mol. The van der Waals surface area contributed by atoms with Crippen LogP contribution >= 0.6 is 0 Å². The van der Waals surface area contributed by atoms with E-state index in [9.17, 15) is 0 Å². The summed E-state index contributed by atoms with van der Waals surface area (Å²) in [6, 6.07) is 2.14. The highest BCUT2D eigenvalue weighted by Crippen LogP contribution is 2.31. The lowest BCUT2D eigenvalue weighted by atomic mass is 9.78. The second kappa shape index (κ2) is 3.21. The molecule has 2 atom stereocenters. The second-order valence-electron chi connectivity index (χ2n) is 3.51. The van der Waals surface area contributed by atoms with Gasteiger partial charge in [-0.15, -0.1) is 0 Å². The molecule has 2 unspecified atom stereocenters. The van der Waals surface area contributed by atoms with Gasteiger partial charge >= 0.3 is 0 Å². The van der Waals surface area contributed by atoms with Gasteiger partial charge in [-0.1, -0.05) is 19.8 Å². The third-order valence-corrected chi connectivity index (χ3v) is 2.43. The lowest BCUT2D eigenvalue weighted by Crippen LogP contribution is -2.45. The Morgan fingerprint density at radius 2 is 2.45 bits per heavy atom. The van der Waals surface area contributed by atoms with Crippen molar-refractivity contribution >= 4 is 0 Å². The van der Waals surface area contributed by atoms with E-state index in [2.05, 4.69) is 18.5 Å². The van der Waals surface area contributed by atoms with Crippen LogP contribution in [0.2, 0.25) is 0 Å². The van der Waals surface area contributed by atoms with Crippen molar-refractivity contribution in [1.82, 2.24) is 5.48 Å². The van der Waals surface area contributed by atoms with Crippen molar-refractivity contribution in [3.8, 4) is 6.07 Å². The smallest absolute Gasteiger partial charge is 0.129 e. The monoisotopic (exact) mass is 154 g/mol. The highest BCUT2D eigenvalue weighted by atomic mass is 16.5. The highest BCUT2D eigenvalue weighted by Gasteiger charge is 2.34. The predicted molar refractivity (Wildman–Crippen MR) is 40.9 cm³/mol. The summed E-state index contributed by atoms with van der Waals surface area (Å²) < 4.78 is 0. The molecule has 0 amide bonds. The molecular formula is C8H14N2O. The fourth-order valence-electron chi connectivity index (χ4n) is 1.78. The summed E-state index contributed by atoms with van der Waals surface area (Å²) in [6.45, 7) is 2.11. The van der Waals surface area contributed by atoms with Crippen LogP contribution in [0, 0.1) is 17.2 Å². The first-order chi connectivity index (χ1) is 5.22. The van der Waals surface area contributed by atoms with Crippen LogP contribution in [0.5, 0.6) is 0 Å². The van der Waals surface area contributed by atoms with Crippen LogP contribution in [0.3, 0.4) is 0 Å². The van der Waals surface area contributed by atoms with Crippen molar-refractivity contribution in [2.75, 3.05) is 0 Å². The quantitative estimate of drug-likeness (QED) is 0.562. The van der Waals surface area contributed by atoms with Crippen molar-refractivity contribution in [2.45, 2.75) is 38.1 Å². The SMILES string of the molecule is CC1CCCC(C#N)(NO)C1. The molecule has 0 heterocycles. The van der Waals surface area contributed by atoms with Crippen LogP contribution < -0.4 is 5.48 Å². The van der Waals surface area contributed by atoms with Gasteiger partial charge in [-0.3, -0.25) is 0 Å². The van der Waals surface area contributed by atoms with Gasteiger partial charge in [-0.25, -0.2) is 0 Å². The number of hydroxylamine groups is 1. The normalized spacial score (nSPS) is 38.1. The van der Waals surface area contributed by atoms with Gasteiger partial charge in [0.25, 0.3) is 0 Å². The molecule has 0 aromatic rings. The van der Waals surface area contributed by atoms with Crippen LogP contribution in [0.25, 0.3) is 0 Å². The van der Waals surface area contributed by atoms with E-state index in [1.165, 1.54) is 6.42 Å². The number of nitrogens with zero attached hydrogens (tertiary/aromatic N) is 1. The summed E-state index contributed by atoms with van der Waals surface area (Å²) in [5.74, 6) is 0.544. The molecule has 0 spiro atoms. The molecule has 2 N–H and O–H groups in total. The molecule has 1 aliphatic carbocycles. The summed E-state index contributed by atoms with van der Waals surface area (Å²) in [5, 5.41) is 17.6. The standard InChI is InChI=1S/C8H14N2O/c1-7-3-2-4-8(5-7,6-9)10-11/h7,10-11H,2-5H2,1H3. The van der Waals surface area contributed by atoms with Gasteiger partial charge in [0.2, 0.25) is 0 Å². The van der Waals surface area contributed by atoms with Gasteiger partial charge < -0.3 is 5.21 Å². The van der Waals surface area contributed by atoms with E-state index in [1.807, 2.05) is 0 Å². The first-order valence-corrected chi connectivity index (χ1v) is 4.05. The zero-order chi connectivity index (χ0) is 8.32. The minimum Gasteiger partial charge on any atom is -0.315 e. The fourth-order valence-corrected chi connectivity index (χ4v) is 1.78. The van der Waals surface area contributed by atoms with Crippen LogP contribution in [0.1, 0.15) is 32.6 Å². The van der Waals surface area contributed by atoms with Crippen molar-refractivity contribution in [1.29, 1.82) is 5.26 Å². The van der Waals surface area contributed by atoms with Gasteiger partial charge in [-0.05, 0) is 18.8 Å². The summed E-state index contributed by atoms with van der Waals surface area (Å²) in [5.41, 5.74) is 1.48. The van der Waals surface area contributed by atoms with Crippen LogP contribution in [0.15, 0.2) is 0 Å². The molecule has 0 bridgehead atoms. The maximum atomic E-state index is 8.79. The number of rotatable bonds is 1. The maximum absolute atomic E-state index is 8.79. The van der Waals surface area contributed by atoms with Crippen molar-refractivity contribution in [3.63, 3.8) is 0 Å². The molecule has 0 aromatic carbocycles. The summed E-state index contributed by atoms with van der Waals surface area (Å²) in [6.07, 6.45) is 3.73. The zero-order valence-corrected chi connectivity index (χ0v) is 6.80. The topological polar surface area (TPSA) is 56.0 Å². The zero-order valence-electron chi connectivity index (χ0n) is 6.80. The lowest BCUT2D eigenvalue weighted by Gasteiger charge is -2.32. The Bertz CT molecular complexity index is 175. The van der Waals surface area contributed by atoms with Crippen molar-refractivity contribution < 1.29 is 5.21 Å². The number of nitrogens with one attached hydrogen (secondary N) is 1. The maximum Gasteiger partial charge on any atom is 0.129 e. The molecule has 3 heteroatoms. The third-order valence-electron chi connectivity index (χ3n) is 2.43. The molecule has 1 fully saturated rings. The van der Waals surface area contributed by atoms with E-state index < -0.39 is 5.54 Å². The van der Waals surface area contributed by atoms with Gasteiger partial charge in [0, 0.05) is 0 Å². The molecule has 0 radical (unpaired) electrons. The van der Waals surface area contributed by atoms with E-state index in [1.54, 1.807) is 0 Å². The van der Waals surface area contributed by atoms with Crippen LogP contribution in [-0.2, 0) is 0 Å². The first kappa shape index (κ1) is 8.51. The minimum atomic E-state index is -0.655. The Kier molecular flexibility index (Phi) is 2.48. The first-order valence-electron chi connectivity index (χ1n) is 4.05. The average molecular weight is 154 g/mol. The predicted octanol–water partition coefficient (Wildman–Crippen LogP) is 1.44. The molecule has 11 heavy (non-hydrogen) atoms. The van der Waals surface area contributed by atoms with Crippen LogP contribution in [0.4, 0.5) is 0 Å². The molecule has 1 rings (SSSR count). The highest BCUT2D eigenvalue weighted by molar-refractivity contribution is 5.07. The van der Waals surface area contributed by atoms with Gasteiger partial charge in [0.05, 0.1) is 6.07 Å². The number of hydrogen-bond acceptors (Lipinski definition) is 3. The Hall–Kier alpha value is -0.590. The van der Waals surface area contributed by atoms with Crippen molar-refractivity contribution in [2.24, 2.45) is 5.92 Å². The Morgan fingerprint density at radius 1 is 1.73 bits per heavy atom. The molecule has 3 nitrogen and oxygen atoms in total. The molecule has 1 aliphatic rings. The minimum absolute atomic E-state index is 0.544. The van der Waals surface area contributed by atoms with Crippen LogP contribution in [-0.4, -0.2) is 10.7 Å².